The summed E-state index contributed by atoms with van der Waals surface area (Å²) >= 11 is 0. The maximum atomic E-state index is 13.0. The number of anilines is 1. The predicted molar refractivity (Wildman–Crippen MR) is 96.2 cm³/mol. The van der Waals surface area contributed by atoms with Crippen LogP contribution in [0.25, 0.3) is 0 Å². The zero-order valence-corrected chi connectivity index (χ0v) is 15.4. The number of hydrogen-bond donors (Lipinski definition) is 2. The Kier molecular flexibility index (Phi) is 7.02. The van der Waals surface area contributed by atoms with Gasteiger partial charge in [-0.25, -0.2) is 0 Å². The molecule has 2 heterocycles. The molecule has 0 radical (unpaired) electrons. The average molecular weight is 392 g/mol. The first-order valence-corrected chi connectivity index (χ1v) is 8.52. The lowest BCUT2D eigenvalue weighted by atomic mass is 9.93. The highest BCUT2D eigenvalue weighted by Crippen LogP contribution is 2.42. The number of hydrogen-bond acceptors (Lipinski definition) is 5. The molecule has 1 fully saturated rings. The molecule has 0 atom stereocenters. The molecule has 0 aliphatic carbocycles. The molecule has 0 spiro atoms. The van der Waals surface area contributed by atoms with Gasteiger partial charge in [0.25, 0.3) is 0 Å². The van der Waals surface area contributed by atoms with Gasteiger partial charge in [-0.1, -0.05) is 0 Å². The zero-order chi connectivity index (χ0) is 17.9. The van der Waals surface area contributed by atoms with Crippen LogP contribution in [0.3, 0.4) is 0 Å². The lowest BCUT2D eigenvalue weighted by molar-refractivity contribution is -0.286. The number of alkyl halides is 2. The molecule has 2 aliphatic heterocycles. The van der Waals surface area contributed by atoms with E-state index in [1.807, 2.05) is 7.05 Å². The Morgan fingerprint density at radius 2 is 1.96 bits per heavy atom. The van der Waals surface area contributed by atoms with Crippen molar-refractivity contribution in [3.8, 4) is 11.5 Å². The average Bonchev–Trinajstić information content (AvgIpc) is 2.87. The number of rotatable bonds is 6. The maximum Gasteiger partial charge on any atom is 0.586 e. The summed E-state index contributed by atoms with van der Waals surface area (Å²) in [6.45, 7) is 3.11. The largest absolute Gasteiger partial charge is 0.586 e. The molecule has 2 N–H and O–H groups in total. The highest BCUT2D eigenvalue weighted by Gasteiger charge is 2.43. The van der Waals surface area contributed by atoms with Crippen LogP contribution in [-0.2, 0) is 4.79 Å². The number of carbonyl (C=O) groups excluding carboxylic acids is 1. The van der Waals surface area contributed by atoms with Crippen LogP contribution in [0.5, 0.6) is 11.5 Å². The van der Waals surface area contributed by atoms with Gasteiger partial charge in [-0.05, 0) is 64.0 Å². The second-order valence-corrected chi connectivity index (χ2v) is 6.49. The van der Waals surface area contributed by atoms with E-state index in [2.05, 4.69) is 25.0 Å². The topological polar surface area (TPSA) is 62.8 Å². The van der Waals surface area contributed by atoms with Crippen molar-refractivity contribution in [3.05, 3.63) is 18.2 Å². The van der Waals surface area contributed by atoms with E-state index in [4.69, 9.17) is 0 Å². The quantitative estimate of drug-likeness (QED) is 0.780. The first kappa shape index (κ1) is 20.7. The molecular weight excluding hydrogens is 368 g/mol. The van der Waals surface area contributed by atoms with Crippen LogP contribution < -0.4 is 20.1 Å². The monoisotopic (exact) mass is 391 g/mol. The Bertz CT molecular complexity index is 625. The van der Waals surface area contributed by atoms with Gasteiger partial charge in [0.2, 0.25) is 5.91 Å². The van der Waals surface area contributed by atoms with Gasteiger partial charge in [-0.3, -0.25) is 9.69 Å². The van der Waals surface area contributed by atoms with Crippen LogP contribution in [0.2, 0.25) is 0 Å². The van der Waals surface area contributed by atoms with Crippen molar-refractivity contribution in [2.45, 2.75) is 25.6 Å². The summed E-state index contributed by atoms with van der Waals surface area (Å²) < 4.78 is 34.7. The van der Waals surface area contributed by atoms with E-state index in [1.165, 1.54) is 24.6 Å². The molecule has 0 unspecified atom stereocenters. The van der Waals surface area contributed by atoms with Crippen molar-refractivity contribution in [3.63, 3.8) is 0 Å². The molecule has 1 amide bonds. The van der Waals surface area contributed by atoms with Crippen LogP contribution in [0.15, 0.2) is 18.2 Å². The van der Waals surface area contributed by atoms with Gasteiger partial charge in [-0.15, -0.1) is 21.2 Å². The number of piperidine rings is 1. The van der Waals surface area contributed by atoms with Gasteiger partial charge in [0.15, 0.2) is 11.5 Å². The lowest BCUT2D eigenvalue weighted by Gasteiger charge is -2.31. The fraction of sp³-hybridized carbons (Fsp3) is 0.588. The van der Waals surface area contributed by atoms with Crippen LogP contribution >= 0.6 is 12.4 Å². The van der Waals surface area contributed by atoms with E-state index < -0.39 is 6.29 Å². The number of halogens is 3. The molecule has 0 aromatic heterocycles. The van der Waals surface area contributed by atoms with Crippen LogP contribution in [0, 0.1) is 5.92 Å². The predicted octanol–water partition coefficient (Wildman–Crippen LogP) is 2.69. The van der Waals surface area contributed by atoms with E-state index in [-0.39, 0.29) is 29.8 Å². The highest BCUT2D eigenvalue weighted by molar-refractivity contribution is 5.92. The van der Waals surface area contributed by atoms with E-state index in [0.29, 0.717) is 18.2 Å². The molecule has 2 aliphatic rings. The molecule has 0 saturated carbocycles. The number of fused-ring (bicyclic) bond motifs is 1. The molecule has 0 bridgehead atoms. The summed E-state index contributed by atoms with van der Waals surface area (Å²) in [5.41, 5.74) is 0.411. The molecule has 26 heavy (non-hydrogen) atoms. The number of nitrogens with zero attached hydrogens (tertiary/aromatic N) is 1. The fourth-order valence-corrected chi connectivity index (χ4v) is 3.21. The van der Waals surface area contributed by atoms with Crippen molar-refractivity contribution in [1.82, 2.24) is 10.2 Å². The molecule has 1 aromatic carbocycles. The molecule has 9 heteroatoms. The third-order valence-corrected chi connectivity index (χ3v) is 4.56. The fourth-order valence-electron chi connectivity index (χ4n) is 3.21. The van der Waals surface area contributed by atoms with Crippen LogP contribution in [0.1, 0.15) is 19.3 Å². The van der Waals surface area contributed by atoms with Crippen molar-refractivity contribution >= 4 is 24.0 Å². The summed E-state index contributed by atoms with van der Waals surface area (Å²) in [7, 11) is 1.96. The second-order valence-electron chi connectivity index (χ2n) is 6.49. The molecule has 3 rings (SSSR count). The summed E-state index contributed by atoms with van der Waals surface area (Å²) in [5.74, 6) is 0.432. The Morgan fingerprint density at radius 3 is 2.65 bits per heavy atom. The minimum atomic E-state index is -3.65. The third-order valence-electron chi connectivity index (χ3n) is 4.56. The molecular formula is C17H24ClF2N3O3. The lowest BCUT2D eigenvalue weighted by Crippen LogP contribution is -2.39. The number of likely N-dealkylation sites (tertiary alicyclic amines) is 1. The van der Waals surface area contributed by atoms with E-state index >= 15 is 0 Å². The standard InChI is InChI=1S/C17H23F2N3O3.ClH/c1-20-7-4-12-5-8-22(9-6-12)11-16(23)21-13-2-3-14-15(10-13)25-17(18,19)24-14;/h2-3,10,12,20H,4-9,11H2,1H3,(H,21,23);1H. The smallest absolute Gasteiger partial charge is 0.395 e. The number of nitrogens with one attached hydrogen (secondary N) is 2. The Hall–Kier alpha value is -1.64. The molecule has 146 valence electrons. The van der Waals surface area contributed by atoms with Gasteiger partial charge in [-0.2, -0.15) is 0 Å². The normalized spacial score (nSPS) is 19.0. The number of ether oxygens (including phenoxy) is 2. The van der Waals surface area contributed by atoms with Gasteiger partial charge >= 0.3 is 6.29 Å². The summed E-state index contributed by atoms with van der Waals surface area (Å²) in [6.07, 6.45) is -0.302. The van der Waals surface area contributed by atoms with Gasteiger partial charge in [0.1, 0.15) is 0 Å². The first-order chi connectivity index (χ1) is 11.9. The number of carbonyl (C=O) groups is 1. The van der Waals surface area contributed by atoms with E-state index in [1.54, 1.807) is 0 Å². The minimum Gasteiger partial charge on any atom is -0.395 e. The zero-order valence-electron chi connectivity index (χ0n) is 14.6. The van der Waals surface area contributed by atoms with Gasteiger partial charge in [0, 0.05) is 11.8 Å². The van der Waals surface area contributed by atoms with Crippen molar-refractivity contribution < 1.29 is 23.0 Å². The number of amides is 1. The van der Waals surface area contributed by atoms with Crippen LogP contribution in [0.4, 0.5) is 14.5 Å². The first-order valence-electron chi connectivity index (χ1n) is 8.52. The van der Waals surface area contributed by atoms with Gasteiger partial charge < -0.3 is 20.1 Å². The SMILES string of the molecule is CNCCC1CCN(CC(=O)Nc2ccc3c(c2)OC(F)(F)O3)CC1.Cl. The highest BCUT2D eigenvalue weighted by atomic mass is 35.5. The van der Waals surface area contributed by atoms with E-state index in [0.717, 1.165) is 32.5 Å². The molecule has 1 aromatic rings. The third kappa shape index (κ3) is 5.43. The minimum absolute atomic E-state index is 0. The summed E-state index contributed by atoms with van der Waals surface area (Å²) in [6, 6.07) is 4.22. The van der Waals surface area contributed by atoms with Crippen molar-refractivity contribution in [1.29, 1.82) is 0 Å². The second kappa shape index (κ2) is 8.83. The van der Waals surface area contributed by atoms with Crippen LogP contribution in [-0.4, -0.2) is 50.3 Å². The molecule has 6 nitrogen and oxygen atoms in total. The van der Waals surface area contributed by atoms with E-state index in [9.17, 15) is 13.6 Å². The maximum absolute atomic E-state index is 13.0. The Balaban J connectivity index is 0.00000243. The summed E-state index contributed by atoms with van der Waals surface area (Å²) in [5, 5.41) is 5.89. The van der Waals surface area contributed by atoms with Crippen molar-refractivity contribution in [2.24, 2.45) is 5.92 Å². The Morgan fingerprint density at radius 1 is 1.27 bits per heavy atom. The molecule has 1 saturated heterocycles. The summed E-state index contributed by atoms with van der Waals surface area (Å²) in [4.78, 5) is 14.3. The van der Waals surface area contributed by atoms with Crippen molar-refractivity contribution in [2.75, 3.05) is 38.5 Å². The number of benzene rings is 1. The van der Waals surface area contributed by atoms with Gasteiger partial charge in [0.05, 0.1) is 6.54 Å². The Labute approximate surface area is 157 Å².